The summed E-state index contributed by atoms with van der Waals surface area (Å²) < 4.78 is 0. The number of nitrogens with zero attached hydrogens (tertiary/aromatic N) is 1. The van der Waals surface area contributed by atoms with Crippen molar-refractivity contribution >= 4 is 11.9 Å². The molecule has 3 amide bonds. The Labute approximate surface area is 82.8 Å². The lowest BCUT2D eigenvalue weighted by Crippen LogP contribution is -2.41. The Morgan fingerprint density at radius 2 is 2.29 bits per heavy atom. The molecule has 2 heterocycles. The maximum Gasteiger partial charge on any atom is 0.324 e. The van der Waals surface area contributed by atoms with Gasteiger partial charge in [0.15, 0.2) is 0 Å². The number of amides is 3. The molecule has 14 heavy (non-hydrogen) atoms. The third-order valence-electron chi connectivity index (χ3n) is 2.79. The minimum atomic E-state index is -0.357. The van der Waals surface area contributed by atoms with Crippen LogP contribution in [-0.4, -0.2) is 42.0 Å². The fourth-order valence-corrected chi connectivity index (χ4v) is 1.96. The first kappa shape index (κ1) is 9.45. The van der Waals surface area contributed by atoms with Crippen LogP contribution in [0.1, 0.15) is 19.8 Å². The van der Waals surface area contributed by atoms with E-state index in [2.05, 4.69) is 10.6 Å². The monoisotopic (exact) mass is 197 g/mol. The predicted octanol–water partition coefficient (Wildman–Crippen LogP) is -0.321. The number of urea groups is 1. The maximum atomic E-state index is 11.5. The zero-order chi connectivity index (χ0) is 10.1. The molecule has 0 spiro atoms. The van der Waals surface area contributed by atoms with E-state index in [1.807, 2.05) is 0 Å². The summed E-state index contributed by atoms with van der Waals surface area (Å²) in [6.07, 6.45) is 2.18. The van der Waals surface area contributed by atoms with Gasteiger partial charge in [-0.05, 0) is 26.3 Å². The summed E-state index contributed by atoms with van der Waals surface area (Å²) in [4.78, 5) is 24.2. The summed E-state index contributed by atoms with van der Waals surface area (Å²) in [6, 6.07) is -0.324. The highest BCUT2D eigenvalue weighted by atomic mass is 16.2. The minimum Gasteiger partial charge on any atom is -0.326 e. The van der Waals surface area contributed by atoms with Crippen LogP contribution >= 0.6 is 0 Å². The Kier molecular flexibility index (Phi) is 2.41. The van der Waals surface area contributed by atoms with Gasteiger partial charge in [0.1, 0.15) is 6.04 Å². The van der Waals surface area contributed by atoms with Crippen LogP contribution in [0.2, 0.25) is 0 Å². The molecule has 5 nitrogen and oxygen atoms in total. The summed E-state index contributed by atoms with van der Waals surface area (Å²) in [6.45, 7) is 3.21. The van der Waals surface area contributed by atoms with Crippen molar-refractivity contribution in [3.05, 3.63) is 0 Å². The topological polar surface area (TPSA) is 61.4 Å². The standard InChI is InChI=1S/C9H15N3O2/c1-6-8(13)12(9(14)11-6)5-7-3-2-4-10-7/h6-7,10H,2-5H2,1H3,(H,11,14). The summed E-state index contributed by atoms with van der Waals surface area (Å²) >= 11 is 0. The normalized spacial score (nSPS) is 32.5. The van der Waals surface area contributed by atoms with Crippen molar-refractivity contribution < 1.29 is 9.59 Å². The van der Waals surface area contributed by atoms with Gasteiger partial charge in [-0.1, -0.05) is 0 Å². The van der Waals surface area contributed by atoms with Crippen molar-refractivity contribution in [2.45, 2.75) is 31.8 Å². The van der Waals surface area contributed by atoms with Gasteiger partial charge in [-0.15, -0.1) is 0 Å². The van der Waals surface area contributed by atoms with Crippen LogP contribution in [0.4, 0.5) is 4.79 Å². The Bertz CT molecular complexity index is 261. The minimum absolute atomic E-state index is 0.108. The maximum absolute atomic E-state index is 11.5. The van der Waals surface area contributed by atoms with E-state index in [-0.39, 0.29) is 24.0 Å². The highest BCUT2D eigenvalue weighted by molar-refractivity contribution is 6.03. The van der Waals surface area contributed by atoms with Gasteiger partial charge in [0.25, 0.3) is 5.91 Å². The molecule has 78 valence electrons. The number of nitrogens with one attached hydrogen (secondary N) is 2. The molecule has 2 fully saturated rings. The molecule has 2 unspecified atom stereocenters. The molecule has 2 N–H and O–H groups in total. The summed E-state index contributed by atoms with van der Waals surface area (Å²) in [7, 11) is 0. The number of imide groups is 1. The smallest absolute Gasteiger partial charge is 0.324 e. The van der Waals surface area contributed by atoms with Gasteiger partial charge in [-0.3, -0.25) is 9.69 Å². The highest BCUT2D eigenvalue weighted by Crippen LogP contribution is 2.11. The lowest BCUT2D eigenvalue weighted by atomic mass is 10.2. The molecule has 0 bridgehead atoms. The van der Waals surface area contributed by atoms with Crippen LogP contribution < -0.4 is 10.6 Å². The summed E-state index contributed by atoms with van der Waals surface area (Å²) in [5.74, 6) is -0.108. The van der Waals surface area contributed by atoms with Crippen molar-refractivity contribution in [2.75, 3.05) is 13.1 Å². The van der Waals surface area contributed by atoms with Crippen molar-refractivity contribution in [3.8, 4) is 0 Å². The lowest BCUT2D eigenvalue weighted by molar-refractivity contribution is -0.127. The molecule has 2 atom stereocenters. The number of rotatable bonds is 2. The van der Waals surface area contributed by atoms with Crippen molar-refractivity contribution in [2.24, 2.45) is 0 Å². The van der Waals surface area contributed by atoms with Gasteiger partial charge in [-0.25, -0.2) is 4.79 Å². The van der Waals surface area contributed by atoms with Crippen molar-refractivity contribution in [3.63, 3.8) is 0 Å². The first-order chi connectivity index (χ1) is 6.68. The van der Waals surface area contributed by atoms with Crippen LogP contribution in [-0.2, 0) is 4.79 Å². The molecule has 0 saturated carbocycles. The second-order valence-electron chi connectivity index (χ2n) is 3.91. The zero-order valence-corrected chi connectivity index (χ0v) is 8.25. The molecule has 2 saturated heterocycles. The van der Waals surface area contributed by atoms with Crippen molar-refractivity contribution in [1.29, 1.82) is 0 Å². The Morgan fingerprint density at radius 3 is 2.79 bits per heavy atom. The fourth-order valence-electron chi connectivity index (χ4n) is 1.96. The Hall–Kier alpha value is -1.10. The molecule has 0 aliphatic carbocycles. The average molecular weight is 197 g/mol. The first-order valence-electron chi connectivity index (χ1n) is 5.04. The molecule has 2 rings (SSSR count). The van der Waals surface area contributed by atoms with Gasteiger partial charge in [0, 0.05) is 12.6 Å². The van der Waals surface area contributed by atoms with E-state index in [1.54, 1.807) is 6.92 Å². The Balaban J connectivity index is 1.96. The molecule has 2 aliphatic heterocycles. The quantitative estimate of drug-likeness (QED) is 0.596. The van der Waals surface area contributed by atoms with Crippen LogP contribution in [0, 0.1) is 0 Å². The second-order valence-corrected chi connectivity index (χ2v) is 3.91. The highest BCUT2D eigenvalue weighted by Gasteiger charge is 2.36. The van der Waals surface area contributed by atoms with Crippen LogP contribution in [0.15, 0.2) is 0 Å². The molecular weight excluding hydrogens is 182 g/mol. The van der Waals surface area contributed by atoms with Gasteiger partial charge in [-0.2, -0.15) is 0 Å². The second kappa shape index (κ2) is 3.57. The molecule has 0 aromatic carbocycles. The fraction of sp³-hybridized carbons (Fsp3) is 0.778. The largest absolute Gasteiger partial charge is 0.326 e. The van der Waals surface area contributed by atoms with E-state index >= 15 is 0 Å². The van der Waals surface area contributed by atoms with Gasteiger partial charge >= 0.3 is 6.03 Å². The number of hydrogen-bond acceptors (Lipinski definition) is 3. The van der Waals surface area contributed by atoms with E-state index in [0.29, 0.717) is 6.54 Å². The molecule has 5 heteroatoms. The lowest BCUT2D eigenvalue weighted by Gasteiger charge is -2.17. The first-order valence-corrected chi connectivity index (χ1v) is 5.04. The van der Waals surface area contributed by atoms with E-state index < -0.39 is 0 Å². The number of carbonyl (C=O) groups is 2. The molecular formula is C9H15N3O2. The van der Waals surface area contributed by atoms with Gasteiger partial charge < -0.3 is 10.6 Å². The zero-order valence-electron chi connectivity index (χ0n) is 8.25. The molecule has 0 aromatic heterocycles. The van der Waals surface area contributed by atoms with Crippen LogP contribution in [0.25, 0.3) is 0 Å². The van der Waals surface area contributed by atoms with E-state index in [0.717, 1.165) is 19.4 Å². The molecule has 0 aromatic rings. The third kappa shape index (κ3) is 1.59. The van der Waals surface area contributed by atoms with Crippen LogP contribution in [0.5, 0.6) is 0 Å². The third-order valence-corrected chi connectivity index (χ3v) is 2.79. The number of carbonyl (C=O) groups excluding carboxylic acids is 2. The average Bonchev–Trinajstić information content (AvgIpc) is 2.71. The van der Waals surface area contributed by atoms with E-state index in [4.69, 9.17) is 0 Å². The summed E-state index contributed by atoms with van der Waals surface area (Å²) in [5.41, 5.74) is 0. The summed E-state index contributed by atoms with van der Waals surface area (Å²) in [5, 5.41) is 5.87. The Morgan fingerprint density at radius 1 is 1.50 bits per heavy atom. The molecule has 0 radical (unpaired) electrons. The predicted molar refractivity (Wildman–Crippen MR) is 50.7 cm³/mol. The van der Waals surface area contributed by atoms with Gasteiger partial charge in [0.2, 0.25) is 0 Å². The molecule has 2 aliphatic rings. The van der Waals surface area contributed by atoms with E-state index in [9.17, 15) is 9.59 Å². The van der Waals surface area contributed by atoms with Crippen LogP contribution in [0.3, 0.4) is 0 Å². The van der Waals surface area contributed by atoms with E-state index in [1.165, 1.54) is 4.90 Å². The van der Waals surface area contributed by atoms with Gasteiger partial charge in [0.05, 0.1) is 0 Å². The number of hydrogen-bond donors (Lipinski definition) is 2. The van der Waals surface area contributed by atoms with Crippen molar-refractivity contribution in [1.82, 2.24) is 15.5 Å². The SMILES string of the molecule is CC1NC(=O)N(CC2CCCN2)C1=O.